The molecule has 0 saturated heterocycles. The molecule has 0 amide bonds. The summed E-state index contributed by atoms with van der Waals surface area (Å²) in [6.07, 6.45) is 9.61. The highest BCUT2D eigenvalue weighted by Gasteiger charge is 2.11. The van der Waals surface area contributed by atoms with E-state index < -0.39 is 0 Å². The standard InChI is InChI=1S/C10H16/c1-3-9-5-7-10(4-2)8-6-9/h3-4,9H,1,5-8H2,2H3. The lowest BCUT2D eigenvalue weighted by Gasteiger charge is -2.20. The van der Waals surface area contributed by atoms with E-state index in [2.05, 4.69) is 25.7 Å². The summed E-state index contributed by atoms with van der Waals surface area (Å²) in [7, 11) is 0. The SMILES string of the molecule is C=CC1CCC(=CC)CC1. The molecule has 1 saturated carbocycles. The van der Waals surface area contributed by atoms with Crippen LogP contribution in [0.5, 0.6) is 0 Å². The van der Waals surface area contributed by atoms with Crippen LogP contribution >= 0.6 is 0 Å². The van der Waals surface area contributed by atoms with Crippen molar-refractivity contribution in [3.63, 3.8) is 0 Å². The van der Waals surface area contributed by atoms with E-state index in [9.17, 15) is 0 Å². The molecule has 0 bridgehead atoms. The van der Waals surface area contributed by atoms with Crippen molar-refractivity contribution >= 4 is 0 Å². The second kappa shape index (κ2) is 3.60. The molecule has 0 aromatic heterocycles. The minimum atomic E-state index is 0.795. The Bertz CT molecular complexity index is 132. The molecule has 0 unspecified atom stereocenters. The topological polar surface area (TPSA) is 0 Å². The van der Waals surface area contributed by atoms with Crippen LogP contribution in [0.4, 0.5) is 0 Å². The maximum absolute atomic E-state index is 3.82. The number of rotatable bonds is 1. The van der Waals surface area contributed by atoms with Gasteiger partial charge in [0.05, 0.1) is 0 Å². The highest BCUT2D eigenvalue weighted by atomic mass is 14.2. The molecule has 0 N–H and O–H groups in total. The van der Waals surface area contributed by atoms with Crippen molar-refractivity contribution in [1.82, 2.24) is 0 Å². The third-order valence-electron chi connectivity index (χ3n) is 2.41. The third-order valence-corrected chi connectivity index (χ3v) is 2.41. The molecule has 0 radical (unpaired) electrons. The van der Waals surface area contributed by atoms with Crippen LogP contribution in [0.1, 0.15) is 32.6 Å². The fourth-order valence-corrected chi connectivity index (χ4v) is 1.54. The van der Waals surface area contributed by atoms with Crippen LogP contribution in [0.25, 0.3) is 0 Å². The van der Waals surface area contributed by atoms with Crippen LogP contribution in [0, 0.1) is 5.92 Å². The highest BCUT2D eigenvalue weighted by Crippen LogP contribution is 2.28. The molecular weight excluding hydrogens is 120 g/mol. The molecule has 0 aromatic carbocycles. The Morgan fingerprint density at radius 3 is 2.40 bits per heavy atom. The van der Waals surface area contributed by atoms with Gasteiger partial charge in [-0.1, -0.05) is 17.7 Å². The van der Waals surface area contributed by atoms with E-state index >= 15 is 0 Å². The van der Waals surface area contributed by atoms with Gasteiger partial charge in [0.2, 0.25) is 0 Å². The summed E-state index contributed by atoms with van der Waals surface area (Å²) in [5.74, 6) is 0.795. The summed E-state index contributed by atoms with van der Waals surface area (Å²) in [5.41, 5.74) is 1.64. The Kier molecular flexibility index (Phi) is 2.73. The van der Waals surface area contributed by atoms with E-state index in [1.807, 2.05) is 0 Å². The van der Waals surface area contributed by atoms with Gasteiger partial charge in [-0.15, -0.1) is 6.58 Å². The van der Waals surface area contributed by atoms with Crippen LogP contribution in [0.15, 0.2) is 24.3 Å². The van der Waals surface area contributed by atoms with Gasteiger partial charge in [0.1, 0.15) is 0 Å². The monoisotopic (exact) mass is 136 g/mol. The van der Waals surface area contributed by atoms with Gasteiger partial charge in [-0.3, -0.25) is 0 Å². The second-order valence-electron chi connectivity index (χ2n) is 3.02. The van der Waals surface area contributed by atoms with Crippen LogP contribution in [0.3, 0.4) is 0 Å². The zero-order valence-electron chi connectivity index (χ0n) is 6.77. The molecular formula is C10H16. The van der Waals surface area contributed by atoms with Crippen LogP contribution < -0.4 is 0 Å². The molecule has 56 valence electrons. The van der Waals surface area contributed by atoms with E-state index in [1.54, 1.807) is 5.57 Å². The smallest absolute Gasteiger partial charge is 0.0230 e. The van der Waals surface area contributed by atoms with E-state index in [0.29, 0.717) is 0 Å². The van der Waals surface area contributed by atoms with Crippen LogP contribution in [-0.4, -0.2) is 0 Å². The summed E-state index contributed by atoms with van der Waals surface area (Å²) in [5, 5.41) is 0. The molecule has 0 atom stereocenters. The zero-order chi connectivity index (χ0) is 7.40. The molecule has 0 heterocycles. The van der Waals surface area contributed by atoms with Gasteiger partial charge in [0.15, 0.2) is 0 Å². The third kappa shape index (κ3) is 1.73. The lowest BCUT2D eigenvalue weighted by atomic mass is 9.86. The van der Waals surface area contributed by atoms with Gasteiger partial charge in [0.25, 0.3) is 0 Å². The van der Waals surface area contributed by atoms with Gasteiger partial charge in [-0.05, 0) is 38.5 Å². The van der Waals surface area contributed by atoms with Crippen LogP contribution in [0.2, 0.25) is 0 Å². The van der Waals surface area contributed by atoms with Gasteiger partial charge >= 0.3 is 0 Å². The first-order valence-electron chi connectivity index (χ1n) is 4.13. The molecule has 0 spiro atoms. The Labute approximate surface area is 63.6 Å². The number of allylic oxidation sites excluding steroid dienone is 3. The molecule has 1 aliphatic carbocycles. The quantitative estimate of drug-likeness (QED) is 0.485. The lowest BCUT2D eigenvalue weighted by molar-refractivity contribution is 0.488. The summed E-state index contributed by atoms with van der Waals surface area (Å²) in [4.78, 5) is 0. The Morgan fingerprint density at radius 2 is 2.00 bits per heavy atom. The van der Waals surface area contributed by atoms with Crippen LogP contribution in [-0.2, 0) is 0 Å². The van der Waals surface area contributed by atoms with Gasteiger partial charge < -0.3 is 0 Å². The molecule has 0 nitrogen and oxygen atoms in total. The highest BCUT2D eigenvalue weighted by molar-refractivity contribution is 5.05. The van der Waals surface area contributed by atoms with Crippen molar-refractivity contribution in [1.29, 1.82) is 0 Å². The Morgan fingerprint density at radius 1 is 1.40 bits per heavy atom. The minimum absolute atomic E-state index is 0.795. The number of hydrogen-bond acceptors (Lipinski definition) is 0. The summed E-state index contributed by atoms with van der Waals surface area (Å²) in [6.45, 7) is 5.96. The van der Waals surface area contributed by atoms with Gasteiger partial charge in [0, 0.05) is 0 Å². The normalized spacial score (nSPS) is 26.1. The fourth-order valence-electron chi connectivity index (χ4n) is 1.54. The largest absolute Gasteiger partial charge is 0.103 e. The average Bonchev–Trinajstić information content (AvgIpc) is 2.05. The molecule has 1 rings (SSSR count). The molecule has 1 fully saturated rings. The maximum atomic E-state index is 3.82. The molecule has 1 aliphatic rings. The first kappa shape index (κ1) is 7.59. The van der Waals surface area contributed by atoms with E-state index in [0.717, 1.165) is 5.92 Å². The Balaban J connectivity index is 2.37. The molecule has 0 aliphatic heterocycles. The van der Waals surface area contributed by atoms with Crippen molar-refractivity contribution in [2.75, 3.05) is 0 Å². The van der Waals surface area contributed by atoms with Crippen molar-refractivity contribution in [3.05, 3.63) is 24.3 Å². The fraction of sp³-hybridized carbons (Fsp3) is 0.600. The first-order valence-corrected chi connectivity index (χ1v) is 4.13. The van der Waals surface area contributed by atoms with Gasteiger partial charge in [-0.25, -0.2) is 0 Å². The summed E-state index contributed by atoms with van der Waals surface area (Å²) < 4.78 is 0. The minimum Gasteiger partial charge on any atom is -0.103 e. The average molecular weight is 136 g/mol. The Hall–Kier alpha value is -0.520. The maximum Gasteiger partial charge on any atom is -0.0230 e. The predicted octanol–water partition coefficient (Wildman–Crippen LogP) is 3.31. The summed E-state index contributed by atoms with van der Waals surface area (Å²) >= 11 is 0. The van der Waals surface area contributed by atoms with E-state index in [1.165, 1.54) is 25.7 Å². The van der Waals surface area contributed by atoms with E-state index in [-0.39, 0.29) is 0 Å². The zero-order valence-corrected chi connectivity index (χ0v) is 6.77. The van der Waals surface area contributed by atoms with Crippen molar-refractivity contribution < 1.29 is 0 Å². The summed E-state index contributed by atoms with van der Waals surface area (Å²) in [6, 6.07) is 0. The molecule has 0 heteroatoms. The molecule has 10 heavy (non-hydrogen) atoms. The lowest BCUT2D eigenvalue weighted by Crippen LogP contribution is -2.04. The molecule has 0 aromatic rings. The number of hydrogen-bond donors (Lipinski definition) is 0. The van der Waals surface area contributed by atoms with E-state index in [4.69, 9.17) is 0 Å². The van der Waals surface area contributed by atoms with Gasteiger partial charge in [-0.2, -0.15) is 0 Å². The first-order chi connectivity index (χ1) is 4.86. The predicted molar refractivity (Wildman–Crippen MR) is 45.9 cm³/mol. The van der Waals surface area contributed by atoms with Crippen molar-refractivity contribution in [2.45, 2.75) is 32.6 Å². The van der Waals surface area contributed by atoms with Crippen molar-refractivity contribution in [3.8, 4) is 0 Å². The van der Waals surface area contributed by atoms with Crippen molar-refractivity contribution in [2.24, 2.45) is 5.92 Å². The second-order valence-corrected chi connectivity index (χ2v) is 3.02.